The van der Waals surface area contributed by atoms with Gasteiger partial charge in [-0.1, -0.05) is 23.7 Å². The van der Waals surface area contributed by atoms with E-state index in [4.69, 9.17) is 16.3 Å². The standard InChI is InChI=1S/C19H18ClF3N2O3/c1-2-28-14-7-4-3-6-11(14)19(27)24-9-5-8-15(26)25-18-13(22)10-12(21)16(20)17(18)23/h3-4,6-7,10H,2,5,8-9H2,1H3,(H,24,27)(H,25,26). The topological polar surface area (TPSA) is 67.4 Å². The summed E-state index contributed by atoms with van der Waals surface area (Å²) in [7, 11) is 0. The van der Waals surface area contributed by atoms with Gasteiger partial charge in [0.25, 0.3) is 5.91 Å². The largest absolute Gasteiger partial charge is 0.493 e. The predicted octanol–water partition coefficient (Wildman–Crippen LogP) is 4.30. The molecule has 2 amide bonds. The van der Waals surface area contributed by atoms with E-state index >= 15 is 0 Å². The Balaban J connectivity index is 1.85. The summed E-state index contributed by atoms with van der Waals surface area (Å²) in [6, 6.07) is 7.10. The van der Waals surface area contributed by atoms with Crippen molar-refractivity contribution < 1.29 is 27.5 Å². The zero-order chi connectivity index (χ0) is 20.7. The third-order valence-electron chi connectivity index (χ3n) is 3.68. The van der Waals surface area contributed by atoms with Crippen molar-refractivity contribution in [1.82, 2.24) is 5.32 Å². The summed E-state index contributed by atoms with van der Waals surface area (Å²) in [5.41, 5.74) is -0.454. The lowest BCUT2D eigenvalue weighted by Crippen LogP contribution is -2.26. The first-order valence-corrected chi connectivity index (χ1v) is 8.85. The van der Waals surface area contributed by atoms with Crippen molar-refractivity contribution in [1.29, 1.82) is 0 Å². The number of hydrogen-bond acceptors (Lipinski definition) is 3. The van der Waals surface area contributed by atoms with Crippen molar-refractivity contribution in [2.24, 2.45) is 0 Å². The van der Waals surface area contributed by atoms with Gasteiger partial charge in [0.2, 0.25) is 5.91 Å². The van der Waals surface area contributed by atoms with Crippen LogP contribution in [0.4, 0.5) is 18.9 Å². The molecular weight excluding hydrogens is 397 g/mol. The third-order valence-corrected chi connectivity index (χ3v) is 4.02. The zero-order valence-corrected chi connectivity index (χ0v) is 15.7. The van der Waals surface area contributed by atoms with Crippen LogP contribution in [0, 0.1) is 17.5 Å². The minimum Gasteiger partial charge on any atom is -0.493 e. The quantitative estimate of drug-likeness (QED) is 0.384. The van der Waals surface area contributed by atoms with Gasteiger partial charge in [-0.15, -0.1) is 0 Å². The molecule has 0 aliphatic rings. The molecule has 5 nitrogen and oxygen atoms in total. The Bertz CT molecular complexity index is 878. The van der Waals surface area contributed by atoms with Crippen LogP contribution in [-0.2, 0) is 4.79 Å². The molecule has 2 rings (SSSR count). The number of benzene rings is 2. The molecule has 0 atom stereocenters. The summed E-state index contributed by atoms with van der Waals surface area (Å²) >= 11 is 5.37. The molecule has 2 N–H and O–H groups in total. The minimum absolute atomic E-state index is 0.124. The van der Waals surface area contributed by atoms with E-state index in [1.54, 1.807) is 31.2 Å². The Hall–Kier alpha value is -2.74. The number of halogens is 4. The average molecular weight is 415 g/mol. The van der Waals surface area contributed by atoms with Crippen LogP contribution in [0.5, 0.6) is 5.75 Å². The van der Waals surface area contributed by atoms with Gasteiger partial charge in [-0.05, 0) is 25.5 Å². The monoisotopic (exact) mass is 414 g/mol. The number of carbonyl (C=O) groups excluding carboxylic acids is 2. The number of ether oxygens (including phenoxy) is 1. The Labute approximate surface area is 164 Å². The van der Waals surface area contributed by atoms with Gasteiger partial charge in [0.15, 0.2) is 11.6 Å². The summed E-state index contributed by atoms with van der Waals surface area (Å²) in [6.07, 6.45) is 0.0911. The molecule has 0 aliphatic heterocycles. The summed E-state index contributed by atoms with van der Waals surface area (Å²) in [6.45, 7) is 2.36. The van der Waals surface area contributed by atoms with E-state index in [0.717, 1.165) is 0 Å². The maximum Gasteiger partial charge on any atom is 0.255 e. The van der Waals surface area contributed by atoms with E-state index in [-0.39, 0.29) is 25.3 Å². The van der Waals surface area contributed by atoms with Gasteiger partial charge in [0.1, 0.15) is 22.3 Å². The molecule has 2 aromatic carbocycles. The SMILES string of the molecule is CCOc1ccccc1C(=O)NCCCC(=O)Nc1c(F)cc(F)c(Cl)c1F. The number of nitrogens with one attached hydrogen (secondary N) is 2. The first kappa shape index (κ1) is 21.6. The van der Waals surface area contributed by atoms with Crippen molar-refractivity contribution in [2.45, 2.75) is 19.8 Å². The highest BCUT2D eigenvalue weighted by molar-refractivity contribution is 6.31. The fraction of sp³-hybridized carbons (Fsp3) is 0.263. The average Bonchev–Trinajstić information content (AvgIpc) is 2.67. The van der Waals surface area contributed by atoms with Crippen molar-refractivity contribution in [3.8, 4) is 5.75 Å². The second-order valence-electron chi connectivity index (χ2n) is 5.68. The highest BCUT2D eigenvalue weighted by atomic mass is 35.5. The van der Waals surface area contributed by atoms with Gasteiger partial charge in [-0.2, -0.15) is 0 Å². The first-order valence-electron chi connectivity index (χ1n) is 8.48. The zero-order valence-electron chi connectivity index (χ0n) is 15.0. The van der Waals surface area contributed by atoms with E-state index < -0.39 is 34.1 Å². The molecule has 0 saturated carbocycles. The van der Waals surface area contributed by atoms with Gasteiger partial charge in [-0.25, -0.2) is 13.2 Å². The van der Waals surface area contributed by atoms with Crippen LogP contribution in [0.3, 0.4) is 0 Å². The molecule has 0 aromatic heterocycles. The van der Waals surface area contributed by atoms with E-state index in [1.165, 1.54) is 0 Å². The fourth-order valence-corrected chi connectivity index (χ4v) is 2.51. The molecule has 0 bridgehead atoms. The number of carbonyl (C=O) groups is 2. The lowest BCUT2D eigenvalue weighted by molar-refractivity contribution is -0.116. The smallest absolute Gasteiger partial charge is 0.255 e. The predicted molar refractivity (Wildman–Crippen MR) is 99.1 cm³/mol. The number of hydrogen-bond donors (Lipinski definition) is 2. The normalized spacial score (nSPS) is 10.5. The number of rotatable bonds is 8. The van der Waals surface area contributed by atoms with Crippen LogP contribution >= 0.6 is 11.6 Å². The van der Waals surface area contributed by atoms with Crippen LogP contribution in [-0.4, -0.2) is 25.0 Å². The summed E-state index contributed by atoms with van der Waals surface area (Å²) < 4.78 is 45.9. The van der Waals surface area contributed by atoms with E-state index in [1.807, 2.05) is 5.32 Å². The van der Waals surface area contributed by atoms with Crippen LogP contribution < -0.4 is 15.4 Å². The van der Waals surface area contributed by atoms with Crippen LogP contribution in [0.1, 0.15) is 30.1 Å². The first-order chi connectivity index (χ1) is 13.3. The second-order valence-corrected chi connectivity index (χ2v) is 6.06. The molecule has 9 heteroatoms. The Morgan fingerprint density at radius 1 is 1.14 bits per heavy atom. The van der Waals surface area contributed by atoms with Gasteiger partial charge in [0.05, 0.1) is 12.2 Å². The molecule has 0 spiro atoms. The van der Waals surface area contributed by atoms with Crippen molar-refractivity contribution in [2.75, 3.05) is 18.5 Å². The van der Waals surface area contributed by atoms with Crippen LogP contribution in [0.2, 0.25) is 5.02 Å². The Morgan fingerprint density at radius 2 is 1.86 bits per heavy atom. The Morgan fingerprint density at radius 3 is 2.57 bits per heavy atom. The molecule has 0 saturated heterocycles. The molecule has 150 valence electrons. The van der Waals surface area contributed by atoms with E-state index in [9.17, 15) is 22.8 Å². The highest BCUT2D eigenvalue weighted by Gasteiger charge is 2.19. The van der Waals surface area contributed by atoms with Crippen LogP contribution in [0.25, 0.3) is 0 Å². The van der Waals surface area contributed by atoms with Crippen molar-refractivity contribution in [3.05, 3.63) is 58.4 Å². The van der Waals surface area contributed by atoms with Crippen molar-refractivity contribution in [3.63, 3.8) is 0 Å². The molecule has 0 radical (unpaired) electrons. The maximum atomic E-state index is 13.8. The molecule has 28 heavy (non-hydrogen) atoms. The van der Waals surface area contributed by atoms with Crippen molar-refractivity contribution >= 4 is 29.1 Å². The number of para-hydroxylation sites is 1. The van der Waals surface area contributed by atoms with Crippen LogP contribution in [0.15, 0.2) is 30.3 Å². The molecule has 0 heterocycles. The summed E-state index contributed by atoms with van der Waals surface area (Å²) in [4.78, 5) is 24.0. The Kier molecular flexibility index (Phi) is 7.69. The molecule has 2 aromatic rings. The molecular formula is C19H18ClF3N2O3. The lowest BCUT2D eigenvalue weighted by Gasteiger charge is -2.11. The second kappa shape index (κ2) is 9.98. The fourth-order valence-electron chi connectivity index (χ4n) is 2.36. The van der Waals surface area contributed by atoms with E-state index in [0.29, 0.717) is 24.0 Å². The van der Waals surface area contributed by atoms with Gasteiger partial charge < -0.3 is 15.4 Å². The lowest BCUT2D eigenvalue weighted by atomic mass is 10.2. The third kappa shape index (κ3) is 5.39. The summed E-state index contributed by atoms with van der Waals surface area (Å²) in [5, 5.41) is 3.75. The van der Waals surface area contributed by atoms with Gasteiger partial charge >= 0.3 is 0 Å². The number of amides is 2. The maximum absolute atomic E-state index is 13.8. The van der Waals surface area contributed by atoms with E-state index in [2.05, 4.69) is 5.32 Å². The van der Waals surface area contributed by atoms with Gasteiger partial charge in [-0.3, -0.25) is 9.59 Å². The molecule has 0 aliphatic carbocycles. The molecule has 0 fully saturated rings. The minimum atomic E-state index is -1.38. The number of anilines is 1. The summed E-state index contributed by atoms with van der Waals surface area (Å²) in [5.74, 6) is -4.54. The molecule has 0 unspecified atom stereocenters. The highest BCUT2D eigenvalue weighted by Crippen LogP contribution is 2.28. The van der Waals surface area contributed by atoms with Gasteiger partial charge in [0, 0.05) is 19.0 Å².